The van der Waals surface area contributed by atoms with Gasteiger partial charge in [0.25, 0.3) is 0 Å². The van der Waals surface area contributed by atoms with E-state index in [0.717, 1.165) is 42.2 Å². The van der Waals surface area contributed by atoms with Crippen LogP contribution in [0.5, 0.6) is 0 Å². The molecule has 1 aromatic heterocycles. The molecule has 2 rings (SSSR count). The molecule has 92 valence electrons. The van der Waals surface area contributed by atoms with Gasteiger partial charge in [0.1, 0.15) is 11.8 Å². The summed E-state index contributed by atoms with van der Waals surface area (Å²) < 4.78 is 5.66. The van der Waals surface area contributed by atoms with E-state index >= 15 is 0 Å². The largest absolute Gasteiger partial charge is 0.496 e. The van der Waals surface area contributed by atoms with Gasteiger partial charge in [-0.2, -0.15) is 0 Å². The first-order chi connectivity index (χ1) is 8.22. The minimum Gasteiger partial charge on any atom is -0.496 e. The minimum absolute atomic E-state index is 0.0941. The molecule has 0 saturated heterocycles. The first-order valence-electron chi connectivity index (χ1n) is 5.95. The van der Waals surface area contributed by atoms with E-state index in [0.29, 0.717) is 0 Å². The van der Waals surface area contributed by atoms with Gasteiger partial charge < -0.3 is 4.74 Å². The van der Waals surface area contributed by atoms with Crippen LogP contribution in [0.2, 0.25) is 0 Å². The molecule has 1 aliphatic rings. The van der Waals surface area contributed by atoms with Gasteiger partial charge in [-0.15, -0.1) is 0 Å². The zero-order chi connectivity index (χ0) is 12.3. The van der Waals surface area contributed by atoms with E-state index in [1.54, 1.807) is 0 Å². The van der Waals surface area contributed by atoms with Crippen molar-refractivity contribution in [2.24, 2.45) is 5.84 Å². The molecule has 1 unspecified atom stereocenters. The summed E-state index contributed by atoms with van der Waals surface area (Å²) in [6, 6.07) is 3.96. The van der Waals surface area contributed by atoms with E-state index < -0.39 is 0 Å². The van der Waals surface area contributed by atoms with Crippen molar-refractivity contribution in [3.63, 3.8) is 0 Å². The molecule has 0 aromatic carbocycles. The van der Waals surface area contributed by atoms with E-state index in [4.69, 9.17) is 10.6 Å². The van der Waals surface area contributed by atoms with Crippen molar-refractivity contribution in [1.29, 1.82) is 0 Å². The lowest BCUT2D eigenvalue weighted by Gasteiger charge is -2.24. The molecule has 3 N–H and O–H groups in total. The fourth-order valence-electron chi connectivity index (χ4n) is 2.11. The number of allylic oxidation sites excluding steroid dienone is 1. The molecule has 0 spiro atoms. The van der Waals surface area contributed by atoms with Gasteiger partial charge in [-0.05, 0) is 44.4 Å². The molecule has 0 bridgehead atoms. The smallest absolute Gasteiger partial charge is 0.115 e. The third-order valence-corrected chi connectivity index (χ3v) is 2.99. The molecule has 0 radical (unpaired) electrons. The summed E-state index contributed by atoms with van der Waals surface area (Å²) in [7, 11) is 0. The van der Waals surface area contributed by atoms with Gasteiger partial charge >= 0.3 is 0 Å². The monoisotopic (exact) mass is 233 g/mol. The number of nitrogens with two attached hydrogens (primary N) is 1. The van der Waals surface area contributed by atoms with Crippen LogP contribution in [-0.4, -0.2) is 11.6 Å². The van der Waals surface area contributed by atoms with Gasteiger partial charge in [0, 0.05) is 11.4 Å². The summed E-state index contributed by atoms with van der Waals surface area (Å²) in [5.41, 5.74) is 5.89. The Morgan fingerprint density at radius 3 is 2.82 bits per heavy atom. The number of aryl methyl sites for hydroxylation is 2. The molecule has 0 fully saturated rings. The molecule has 1 aromatic rings. The minimum atomic E-state index is -0.0941. The molecular formula is C13H19N3O. The number of ether oxygens (including phenoxy) is 1. The van der Waals surface area contributed by atoms with Crippen LogP contribution in [0, 0.1) is 13.8 Å². The summed E-state index contributed by atoms with van der Waals surface area (Å²) >= 11 is 0. The average molecular weight is 233 g/mol. The van der Waals surface area contributed by atoms with E-state index in [1.807, 2.05) is 19.9 Å². The molecule has 1 atom stereocenters. The number of rotatable bonds is 3. The Balaban J connectivity index is 2.31. The van der Waals surface area contributed by atoms with Crippen LogP contribution >= 0.6 is 0 Å². The highest BCUT2D eigenvalue weighted by atomic mass is 16.5. The van der Waals surface area contributed by atoms with E-state index in [-0.39, 0.29) is 6.04 Å². The summed E-state index contributed by atoms with van der Waals surface area (Å²) in [6.07, 6.45) is 4.23. The Morgan fingerprint density at radius 2 is 2.24 bits per heavy atom. The van der Waals surface area contributed by atoms with Crippen molar-refractivity contribution in [3.05, 3.63) is 40.9 Å². The first kappa shape index (κ1) is 12.1. The van der Waals surface area contributed by atoms with Crippen molar-refractivity contribution in [2.75, 3.05) is 6.61 Å². The lowest BCUT2D eigenvalue weighted by molar-refractivity contribution is 0.167. The van der Waals surface area contributed by atoms with Crippen LogP contribution in [-0.2, 0) is 4.74 Å². The Bertz CT molecular complexity index is 429. The maximum atomic E-state index is 5.66. The highest BCUT2D eigenvalue weighted by Gasteiger charge is 2.20. The SMILES string of the molecule is Cc1ccc(C(NN)C2=CCCCO2)c(C)n1. The third-order valence-electron chi connectivity index (χ3n) is 2.99. The second-order valence-electron chi connectivity index (χ2n) is 4.32. The zero-order valence-corrected chi connectivity index (χ0v) is 10.4. The summed E-state index contributed by atoms with van der Waals surface area (Å²) in [6.45, 7) is 4.75. The lowest BCUT2D eigenvalue weighted by Crippen LogP contribution is -2.31. The van der Waals surface area contributed by atoms with Gasteiger partial charge in [0.05, 0.1) is 6.61 Å². The molecule has 2 heterocycles. The van der Waals surface area contributed by atoms with Crippen LogP contribution < -0.4 is 11.3 Å². The predicted octanol–water partition coefficient (Wildman–Crippen LogP) is 1.90. The molecule has 0 saturated carbocycles. The Hall–Kier alpha value is -1.39. The number of nitrogens with one attached hydrogen (secondary N) is 1. The first-order valence-corrected chi connectivity index (χ1v) is 5.95. The number of hydrogen-bond acceptors (Lipinski definition) is 4. The molecule has 17 heavy (non-hydrogen) atoms. The van der Waals surface area contributed by atoms with Crippen molar-refractivity contribution in [2.45, 2.75) is 32.7 Å². The fraction of sp³-hybridized carbons (Fsp3) is 0.462. The average Bonchev–Trinajstić information content (AvgIpc) is 2.34. The summed E-state index contributed by atoms with van der Waals surface area (Å²) in [5, 5.41) is 0. The predicted molar refractivity (Wildman–Crippen MR) is 67.0 cm³/mol. The fourth-order valence-corrected chi connectivity index (χ4v) is 2.11. The number of aromatic nitrogens is 1. The highest BCUT2D eigenvalue weighted by molar-refractivity contribution is 5.30. The van der Waals surface area contributed by atoms with Gasteiger partial charge in [-0.25, -0.2) is 5.43 Å². The second-order valence-corrected chi connectivity index (χ2v) is 4.32. The second kappa shape index (κ2) is 5.29. The van der Waals surface area contributed by atoms with Crippen LogP contribution in [0.3, 0.4) is 0 Å². The van der Waals surface area contributed by atoms with Crippen LogP contribution in [0.4, 0.5) is 0 Å². The number of hydrazine groups is 1. The van der Waals surface area contributed by atoms with E-state index in [9.17, 15) is 0 Å². The third kappa shape index (κ3) is 2.65. The van der Waals surface area contributed by atoms with Crippen molar-refractivity contribution in [1.82, 2.24) is 10.4 Å². The van der Waals surface area contributed by atoms with Crippen molar-refractivity contribution >= 4 is 0 Å². The maximum Gasteiger partial charge on any atom is 0.115 e. The lowest BCUT2D eigenvalue weighted by atomic mass is 10.0. The normalized spacial score (nSPS) is 17.2. The van der Waals surface area contributed by atoms with Crippen LogP contribution in [0.1, 0.15) is 35.8 Å². The number of pyridine rings is 1. The van der Waals surface area contributed by atoms with E-state index in [1.165, 1.54) is 0 Å². The molecular weight excluding hydrogens is 214 g/mol. The molecule has 1 aliphatic heterocycles. The van der Waals surface area contributed by atoms with Gasteiger partial charge in [-0.3, -0.25) is 10.8 Å². The van der Waals surface area contributed by atoms with Gasteiger partial charge in [-0.1, -0.05) is 6.07 Å². The molecule has 0 amide bonds. The highest BCUT2D eigenvalue weighted by Crippen LogP contribution is 2.26. The quantitative estimate of drug-likeness (QED) is 0.618. The van der Waals surface area contributed by atoms with E-state index in [2.05, 4.69) is 22.6 Å². The summed E-state index contributed by atoms with van der Waals surface area (Å²) in [4.78, 5) is 4.46. The van der Waals surface area contributed by atoms with Crippen molar-refractivity contribution < 1.29 is 4.74 Å². The molecule has 4 heteroatoms. The Kier molecular flexibility index (Phi) is 3.76. The molecule has 0 aliphatic carbocycles. The van der Waals surface area contributed by atoms with Crippen LogP contribution in [0.15, 0.2) is 24.0 Å². The summed E-state index contributed by atoms with van der Waals surface area (Å²) in [5.74, 6) is 6.55. The number of hydrogen-bond donors (Lipinski definition) is 2. The van der Waals surface area contributed by atoms with Crippen molar-refractivity contribution in [3.8, 4) is 0 Å². The van der Waals surface area contributed by atoms with Gasteiger partial charge in [0.2, 0.25) is 0 Å². The Morgan fingerprint density at radius 1 is 1.41 bits per heavy atom. The Labute approximate surface area is 102 Å². The zero-order valence-electron chi connectivity index (χ0n) is 10.4. The topological polar surface area (TPSA) is 60.2 Å². The molecule has 4 nitrogen and oxygen atoms in total. The number of nitrogens with zero attached hydrogens (tertiary/aromatic N) is 1. The van der Waals surface area contributed by atoms with Crippen LogP contribution in [0.25, 0.3) is 0 Å². The standard InChI is InChI=1S/C13H19N3O/c1-9-6-7-11(10(2)15-9)13(16-14)12-5-3-4-8-17-12/h5-7,13,16H,3-4,8,14H2,1-2H3. The maximum absolute atomic E-state index is 5.66. The van der Waals surface area contributed by atoms with Gasteiger partial charge in [0.15, 0.2) is 0 Å².